The highest BCUT2D eigenvalue weighted by molar-refractivity contribution is 5.82. The van der Waals surface area contributed by atoms with E-state index in [4.69, 9.17) is 9.47 Å². The van der Waals surface area contributed by atoms with Crippen molar-refractivity contribution in [3.05, 3.63) is 29.6 Å². The van der Waals surface area contributed by atoms with Gasteiger partial charge in [0.05, 0.1) is 43.7 Å². The van der Waals surface area contributed by atoms with Crippen LogP contribution in [0.1, 0.15) is 43.4 Å². The molecule has 1 N–H and O–H groups in total. The van der Waals surface area contributed by atoms with Crippen LogP contribution in [0, 0.1) is 5.41 Å². The van der Waals surface area contributed by atoms with Crippen molar-refractivity contribution in [3.8, 4) is 0 Å². The molecular formula is C18H27N3O3. The molecule has 0 fully saturated rings. The summed E-state index contributed by atoms with van der Waals surface area (Å²) in [5, 5.41) is 7.59. The van der Waals surface area contributed by atoms with Crippen LogP contribution in [0.3, 0.4) is 0 Å². The number of aromatic nitrogens is 2. The lowest BCUT2D eigenvalue weighted by molar-refractivity contribution is -0.130. The molecule has 0 radical (unpaired) electrons. The predicted octanol–water partition coefficient (Wildman–Crippen LogP) is 2.01. The number of allylic oxidation sites excluding steroid dienone is 2. The van der Waals surface area contributed by atoms with Gasteiger partial charge in [-0.2, -0.15) is 5.10 Å². The SMILES string of the molecule is COCCn1ncc2c1COCC2CNC(=O)C1(C)CC=CCC1. The molecule has 24 heavy (non-hydrogen) atoms. The summed E-state index contributed by atoms with van der Waals surface area (Å²) in [7, 11) is 1.69. The highest BCUT2D eigenvalue weighted by Crippen LogP contribution is 2.33. The number of hydrogen-bond acceptors (Lipinski definition) is 4. The number of amides is 1. The number of methoxy groups -OCH3 is 1. The van der Waals surface area contributed by atoms with Gasteiger partial charge in [-0.25, -0.2) is 0 Å². The molecule has 3 rings (SSSR count). The zero-order valence-electron chi connectivity index (χ0n) is 14.6. The summed E-state index contributed by atoms with van der Waals surface area (Å²) in [6, 6.07) is 0. The molecule has 0 saturated carbocycles. The molecule has 6 heteroatoms. The molecule has 2 unspecified atom stereocenters. The van der Waals surface area contributed by atoms with Gasteiger partial charge < -0.3 is 14.8 Å². The van der Waals surface area contributed by atoms with Crippen molar-refractivity contribution in [2.45, 2.75) is 45.3 Å². The maximum atomic E-state index is 12.6. The van der Waals surface area contributed by atoms with Crippen LogP contribution in [0.4, 0.5) is 0 Å². The third-order valence-corrected chi connectivity index (χ3v) is 5.14. The van der Waals surface area contributed by atoms with Gasteiger partial charge in [-0.3, -0.25) is 9.48 Å². The molecule has 2 heterocycles. The maximum Gasteiger partial charge on any atom is 0.226 e. The summed E-state index contributed by atoms with van der Waals surface area (Å²) in [5.41, 5.74) is 2.01. The smallest absolute Gasteiger partial charge is 0.226 e. The van der Waals surface area contributed by atoms with E-state index in [0.717, 1.165) is 31.5 Å². The molecule has 1 aliphatic heterocycles. The minimum absolute atomic E-state index is 0.144. The Morgan fingerprint density at radius 1 is 1.54 bits per heavy atom. The molecule has 1 aromatic heterocycles. The van der Waals surface area contributed by atoms with Gasteiger partial charge in [0, 0.05) is 25.1 Å². The molecule has 0 spiro atoms. The van der Waals surface area contributed by atoms with Crippen molar-refractivity contribution in [2.24, 2.45) is 5.41 Å². The van der Waals surface area contributed by atoms with Crippen LogP contribution < -0.4 is 5.32 Å². The first-order chi connectivity index (χ1) is 11.6. The maximum absolute atomic E-state index is 12.6. The van der Waals surface area contributed by atoms with Crippen LogP contribution in [-0.2, 0) is 27.4 Å². The summed E-state index contributed by atoms with van der Waals surface area (Å²) < 4.78 is 12.8. The average Bonchev–Trinajstić information content (AvgIpc) is 3.02. The fourth-order valence-corrected chi connectivity index (χ4v) is 3.45. The second kappa shape index (κ2) is 7.49. The fourth-order valence-electron chi connectivity index (χ4n) is 3.45. The molecule has 1 aromatic rings. The topological polar surface area (TPSA) is 65.4 Å². The van der Waals surface area contributed by atoms with E-state index in [1.807, 2.05) is 10.9 Å². The number of fused-ring (bicyclic) bond motifs is 1. The highest BCUT2D eigenvalue weighted by Gasteiger charge is 2.33. The monoisotopic (exact) mass is 333 g/mol. The standard InChI is InChI=1S/C18H27N3O3/c1-18(6-4-3-5-7-18)17(22)19-10-14-12-24-13-16-15(14)11-20-21(16)8-9-23-2/h3-4,11,14H,5-10,12-13H2,1-2H3,(H,19,22). The van der Waals surface area contributed by atoms with Gasteiger partial charge in [-0.05, 0) is 19.3 Å². The first kappa shape index (κ1) is 17.2. The largest absolute Gasteiger partial charge is 0.383 e. The lowest BCUT2D eigenvalue weighted by Crippen LogP contribution is -2.42. The number of ether oxygens (including phenoxy) is 2. The summed E-state index contributed by atoms with van der Waals surface area (Å²) in [4.78, 5) is 12.6. The van der Waals surface area contributed by atoms with E-state index in [0.29, 0.717) is 26.4 Å². The van der Waals surface area contributed by atoms with Crippen molar-refractivity contribution in [3.63, 3.8) is 0 Å². The minimum atomic E-state index is -0.282. The Kier molecular flexibility index (Phi) is 5.36. The van der Waals surface area contributed by atoms with E-state index in [1.165, 1.54) is 5.56 Å². The molecule has 2 atom stereocenters. The van der Waals surface area contributed by atoms with E-state index in [2.05, 4.69) is 29.5 Å². The number of carbonyl (C=O) groups excluding carboxylic acids is 1. The van der Waals surface area contributed by atoms with Crippen molar-refractivity contribution in [1.29, 1.82) is 0 Å². The van der Waals surface area contributed by atoms with Crippen LogP contribution in [0.2, 0.25) is 0 Å². The summed E-state index contributed by atoms with van der Waals surface area (Å²) in [5.74, 6) is 0.308. The molecule has 6 nitrogen and oxygen atoms in total. The lowest BCUT2D eigenvalue weighted by Gasteiger charge is -2.31. The second-order valence-electron chi connectivity index (χ2n) is 6.96. The molecule has 0 bridgehead atoms. The third kappa shape index (κ3) is 3.54. The Hall–Kier alpha value is -1.66. The van der Waals surface area contributed by atoms with Crippen LogP contribution in [-0.4, -0.2) is 42.6 Å². The van der Waals surface area contributed by atoms with Gasteiger partial charge in [0.2, 0.25) is 5.91 Å². The summed E-state index contributed by atoms with van der Waals surface area (Å²) >= 11 is 0. The van der Waals surface area contributed by atoms with Gasteiger partial charge in [0.15, 0.2) is 0 Å². The Bertz CT molecular complexity index is 611. The van der Waals surface area contributed by atoms with Crippen LogP contribution in [0.15, 0.2) is 18.3 Å². The van der Waals surface area contributed by atoms with Crippen molar-refractivity contribution in [1.82, 2.24) is 15.1 Å². The van der Waals surface area contributed by atoms with E-state index in [1.54, 1.807) is 7.11 Å². The lowest BCUT2D eigenvalue weighted by atomic mass is 9.78. The number of carbonyl (C=O) groups is 1. The van der Waals surface area contributed by atoms with Crippen LogP contribution in [0.5, 0.6) is 0 Å². The van der Waals surface area contributed by atoms with Crippen molar-refractivity contribution >= 4 is 5.91 Å². The van der Waals surface area contributed by atoms with Crippen LogP contribution >= 0.6 is 0 Å². The Morgan fingerprint density at radius 2 is 2.42 bits per heavy atom. The van der Waals surface area contributed by atoms with E-state index in [-0.39, 0.29) is 17.2 Å². The van der Waals surface area contributed by atoms with Gasteiger partial charge in [0.25, 0.3) is 0 Å². The molecule has 1 amide bonds. The van der Waals surface area contributed by atoms with Crippen molar-refractivity contribution < 1.29 is 14.3 Å². The number of rotatable bonds is 6. The van der Waals surface area contributed by atoms with Crippen molar-refractivity contribution in [2.75, 3.05) is 26.9 Å². The highest BCUT2D eigenvalue weighted by atomic mass is 16.5. The number of nitrogens with one attached hydrogen (secondary N) is 1. The average molecular weight is 333 g/mol. The summed E-state index contributed by atoms with van der Waals surface area (Å²) in [6.45, 7) is 5.20. The Balaban J connectivity index is 1.62. The first-order valence-electron chi connectivity index (χ1n) is 8.68. The van der Waals surface area contributed by atoms with Gasteiger partial charge in [-0.15, -0.1) is 0 Å². The zero-order valence-corrected chi connectivity index (χ0v) is 14.6. The molecule has 2 aliphatic rings. The van der Waals surface area contributed by atoms with E-state index < -0.39 is 0 Å². The molecule has 0 saturated heterocycles. The van der Waals surface area contributed by atoms with E-state index >= 15 is 0 Å². The Labute approximate surface area is 143 Å². The zero-order chi connectivity index (χ0) is 17.0. The van der Waals surface area contributed by atoms with E-state index in [9.17, 15) is 4.79 Å². The molecule has 1 aliphatic carbocycles. The van der Waals surface area contributed by atoms with Gasteiger partial charge in [-0.1, -0.05) is 19.1 Å². The molecular weight excluding hydrogens is 306 g/mol. The van der Waals surface area contributed by atoms with Gasteiger partial charge in [0.1, 0.15) is 0 Å². The predicted molar refractivity (Wildman–Crippen MR) is 90.6 cm³/mol. The van der Waals surface area contributed by atoms with Crippen LogP contribution in [0.25, 0.3) is 0 Å². The van der Waals surface area contributed by atoms with Gasteiger partial charge >= 0.3 is 0 Å². The molecule has 0 aromatic carbocycles. The second-order valence-corrected chi connectivity index (χ2v) is 6.96. The number of nitrogens with zero attached hydrogens (tertiary/aromatic N) is 2. The minimum Gasteiger partial charge on any atom is -0.383 e. The third-order valence-electron chi connectivity index (χ3n) is 5.14. The number of hydrogen-bond donors (Lipinski definition) is 1. The normalized spacial score (nSPS) is 26.2. The molecule has 132 valence electrons. The first-order valence-corrected chi connectivity index (χ1v) is 8.68. The summed E-state index contributed by atoms with van der Waals surface area (Å²) in [6.07, 6.45) is 8.90. The Morgan fingerprint density at radius 3 is 3.17 bits per heavy atom. The quantitative estimate of drug-likeness (QED) is 0.809. The fraction of sp³-hybridized carbons (Fsp3) is 0.667.